The van der Waals surface area contributed by atoms with E-state index >= 15 is 0 Å². The van der Waals surface area contributed by atoms with Gasteiger partial charge in [-0.2, -0.15) is 0 Å². The van der Waals surface area contributed by atoms with Crippen molar-refractivity contribution in [2.75, 3.05) is 53.4 Å². The van der Waals surface area contributed by atoms with Crippen molar-refractivity contribution in [3.8, 4) is 0 Å². The van der Waals surface area contributed by atoms with Gasteiger partial charge in [-0.25, -0.2) is 0 Å². The summed E-state index contributed by atoms with van der Waals surface area (Å²) in [5, 5.41) is 3.40. The minimum Gasteiger partial charge on any atom is -0.374 e. The van der Waals surface area contributed by atoms with Crippen molar-refractivity contribution in [1.29, 1.82) is 0 Å². The molecule has 2 fully saturated rings. The average molecular weight is 227 g/mol. The fourth-order valence-electron chi connectivity index (χ4n) is 2.64. The summed E-state index contributed by atoms with van der Waals surface area (Å²) >= 11 is 0. The van der Waals surface area contributed by atoms with Crippen LogP contribution in [0.2, 0.25) is 0 Å². The van der Waals surface area contributed by atoms with Crippen molar-refractivity contribution < 1.29 is 4.74 Å². The second kappa shape index (κ2) is 5.96. The van der Waals surface area contributed by atoms with E-state index in [1.54, 1.807) is 0 Å². The SMILES string of the molecule is CN(C)C1CCCN(CC2CNCCO2)C1. The molecule has 2 aliphatic heterocycles. The zero-order valence-corrected chi connectivity index (χ0v) is 10.6. The van der Waals surface area contributed by atoms with Gasteiger partial charge in [0.05, 0.1) is 12.7 Å². The third kappa shape index (κ3) is 3.42. The van der Waals surface area contributed by atoms with Gasteiger partial charge in [0, 0.05) is 32.2 Å². The van der Waals surface area contributed by atoms with Crippen LogP contribution in [0.1, 0.15) is 12.8 Å². The van der Waals surface area contributed by atoms with Gasteiger partial charge in [-0.1, -0.05) is 0 Å². The Hall–Kier alpha value is -0.160. The first-order valence-electron chi connectivity index (χ1n) is 6.47. The summed E-state index contributed by atoms with van der Waals surface area (Å²) < 4.78 is 5.76. The second-order valence-electron chi connectivity index (χ2n) is 5.22. The van der Waals surface area contributed by atoms with E-state index in [9.17, 15) is 0 Å². The molecule has 2 atom stereocenters. The first-order chi connectivity index (χ1) is 7.75. The highest BCUT2D eigenvalue weighted by Gasteiger charge is 2.24. The predicted octanol–water partition coefficient (Wildman–Crippen LogP) is 0.000800. The molecule has 4 nitrogen and oxygen atoms in total. The molecule has 1 N–H and O–H groups in total. The lowest BCUT2D eigenvalue weighted by atomic mass is 10.0. The highest BCUT2D eigenvalue weighted by Crippen LogP contribution is 2.14. The third-order valence-corrected chi connectivity index (χ3v) is 3.68. The molecule has 2 aliphatic rings. The van der Waals surface area contributed by atoms with Gasteiger partial charge in [0.1, 0.15) is 0 Å². The largest absolute Gasteiger partial charge is 0.374 e. The number of nitrogens with zero attached hydrogens (tertiary/aromatic N) is 2. The number of nitrogens with one attached hydrogen (secondary N) is 1. The monoisotopic (exact) mass is 227 g/mol. The Labute approximate surface area is 98.9 Å². The third-order valence-electron chi connectivity index (χ3n) is 3.68. The molecule has 0 bridgehead atoms. The zero-order valence-electron chi connectivity index (χ0n) is 10.6. The van der Waals surface area contributed by atoms with Crippen LogP contribution in [0.4, 0.5) is 0 Å². The van der Waals surface area contributed by atoms with Crippen molar-refractivity contribution in [3.05, 3.63) is 0 Å². The van der Waals surface area contributed by atoms with Crippen molar-refractivity contribution in [2.45, 2.75) is 25.0 Å². The summed E-state index contributed by atoms with van der Waals surface area (Å²) in [6, 6.07) is 0.727. The van der Waals surface area contributed by atoms with E-state index in [0.717, 1.165) is 32.3 Å². The van der Waals surface area contributed by atoms with Crippen molar-refractivity contribution in [3.63, 3.8) is 0 Å². The van der Waals surface area contributed by atoms with Crippen LogP contribution in [0.5, 0.6) is 0 Å². The molecule has 0 radical (unpaired) electrons. The number of likely N-dealkylation sites (N-methyl/N-ethyl adjacent to an activating group) is 1. The molecular weight excluding hydrogens is 202 g/mol. The van der Waals surface area contributed by atoms with E-state index in [1.807, 2.05) is 0 Å². The Morgan fingerprint density at radius 2 is 2.31 bits per heavy atom. The number of morpholine rings is 1. The Kier molecular flexibility index (Phi) is 4.58. The minimum absolute atomic E-state index is 0.398. The van der Waals surface area contributed by atoms with E-state index in [1.165, 1.54) is 25.9 Å². The highest BCUT2D eigenvalue weighted by molar-refractivity contribution is 4.81. The molecule has 0 saturated carbocycles. The molecule has 2 saturated heterocycles. The Balaban J connectivity index is 1.75. The van der Waals surface area contributed by atoms with Gasteiger partial charge in [0.15, 0.2) is 0 Å². The summed E-state index contributed by atoms with van der Waals surface area (Å²) in [5.74, 6) is 0. The highest BCUT2D eigenvalue weighted by atomic mass is 16.5. The summed E-state index contributed by atoms with van der Waals surface area (Å²) in [4.78, 5) is 4.91. The molecule has 0 aromatic carbocycles. The van der Waals surface area contributed by atoms with Crippen LogP contribution in [0, 0.1) is 0 Å². The molecule has 2 unspecified atom stereocenters. The van der Waals surface area contributed by atoms with E-state index in [2.05, 4.69) is 29.2 Å². The molecule has 0 amide bonds. The smallest absolute Gasteiger partial charge is 0.0826 e. The number of hydrogen-bond acceptors (Lipinski definition) is 4. The fraction of sp³-hybridized carbons (Fsp3) is 1.00. The molecule has 4 heteroatoms. The standard InChI is InChI=1S/C12H25N3O/c1-14(2)11-4-3-6-15(9-11)10-12-8-13-5-7-16-12/h11-13H,3-10H2,1-2H3. The second-order valence-corrected chi connectivity index (χ2v) is 5.22. The molecule has 0 aromatic rings. The quantitative estimate of drug-likeness (QED) is 0.734. The normalized spacial score (nSPS) is 33.2. The summed E-state index contributed by atoms with van der Waals surface area (Å²) in [6.45, 7) is 6.43. The first kappa shape index (κ1) is 12.3. The number of piperidine rings is 1. The van der Waals surface area contributed by atoms with Crippen molar-refractivity contribution in [1.82, 2.24) is 15.1 Å². The van der Waals surface area contributed by atoms with Crippen molar-refractivity contribution >= 4 is 0 Å². The van der Waals surface area contributed by atoms with Crippen LogP contribution in [0.15, 0.2) is 0 Å². The van der Waals surface area contributed by atoms with E-state index in [4.69, 9.17) is 4.74 Å². The molecule has 16 heavy (non-hydrogen) atoms. The van der Waals surface area contributed by atoms with Crippen LogP contribution in [-0.2, 0) is 4.74 Å². The summed E-state index contributed by atoms with van der Waals surface area (Å²) in [5.41, 5.74) is 0. The van der Waals surface area contributed by atoms with E-state index in [-0.39, 0.29) is 0 Å². The van der Waals surface area contributed by atoms with Crippen LogP contribution >= 0.6 is 0 Å². The Morgan fingerprint density at radius 3 is 3.00 bits per heavy atom. The maximum atomic E-state index is 5.76. The van der Waals surface area contributed by atoms with E-state index in [0.29, 0.717) is 6.10 Å². The van der Waals surface area contributed by atoms with Gasteiger partial charge in [0.25, 0.3) is 0 Å². The maximum Gasteiger partial charge on any atom is 0.0826 e. The Morgan fingerprint density at radius 1 is 1.44 bits per heavy atom. The van der Waals surface area contributed by atoms with E-state index < -0.39 is 0 Å². The Bertz CT molecular complexity index is 204. The van der Waals surface area contributed by atoms with Gasteiger partial charge in [-0.05, 0) is 33.5 Å². The van der Waals surface area contributed by atoms with Crippen molar-refractivity contribution in [2.24, 2.45) is 0 Å². The lowest BCUT2D eigenvalue weighted by molar-refractivity contribution is -0.00439. The molecule has 0 spiro atoms. The first-order valence-corrected chi connectivity index (χ1v) is 6.47. The topological polar surface area (TPSA) is 27.7 Å². The van der Waals surface area contributed by atoms with Crippen LogP contribution < -0.4 is 5.32 Å². The molecule has 2 rings (SSSR count). The number of rotatable bonds is 3. The number of ether oxygens (including phenoxy) is 1. The lowest BCUT2D eigenvalue weighted by Gasteiger charge is -2.38. The molecule has 2 heterocycles. The predicted molar refractivity (Wildman–Crippen MR) is 65.8 cm³/mol. The lowest BCUT2D eigenvalue weighted by Crippen LogP contribution is -2.50. The molecular formula is C12H25N3O. The van der Waals surface area contributed by atoms with Crippen LogP contribution in [-0.4, -0.2) is 75.4 Å². The van der Waals surface area contributed by atoms with Gasteiger partial charge >= 0.3 is 0 Å². The molecule has 0 aliphatic carbocycles. The molecule has 0 aromatic heterocycles. The number of hydrogen-bond donors (Lipinski definition) is 1. The number of likely N-dealkylation sites (tertiary alicyclic amines) is 1. The summed E-state index contributed by atoms with van der Waals surface area (Å²) in [7, 11) is 4.37. The summed E-state index contributed by atoms with van der Waals surface area (Å²) in [6.07, 6.45) is 3.06. The maximum absolute atomic E-state index is 5.76. The van der Waals surface area contributed by atoms with Crippen LogP contribution in [0.25, 0.3) is 0 Å². The van der Waals surface area contributed by atoms with Gasteiger partial charge < -0.3 is 15.0 Å². The average Bonchev–Trinajstić information content (AvgIpc) is 2.30. The van der Waals surface area contributed by atoms with Gasteiger partial charge in [0.2, 0.25) is 0 Å². The molecule has 94 valence electrons. The zero-order chi connectivity index (χ0) is 11.4. The van der Waals surface area contributed by atoms with Gasteiger partial charge in [-0.15, -0.1) is 0 Å². The van der Waals surface area contributed by atoms with Crippen LogP contribution in [0.3, 0.4) is 0 Å². The minimum atomic E-state index is 0.398. The fourth-order valence-corrected chi connectivity index (χ4v) is 2.64. The van der Waals surface area contributed by atoms with Gasteiger partial charge in [-0.3, -0.25) is 4.90 Å².